The summed E-state index contributed by atoms with van der Waals surface area (Å²) in [5.74, 6) is 0. The lowest BCUT2D eigenvalue weighted by molar-refractivity contribution is 0.187. The normalized spacial score (nSPS) is 11.5. The van der Waals surface area contributed by atoms with Crippen LogP contribution in [0.1, 0.15) is 17.5 Å². The average molecular weight is 343 g/mol. The van der Waals surface area contributed by atoms with Crippen molar-refractivity contribution in [3.05, 3.63) is 59.7 Å². The number of rotatable bonds is 7. The van der Waals surface area contributed by atoms with Gasteiger partial charge in [0.15, 0.2) is 0 Å². The Kier molecular flexibility index (Phi) is 6.08. The number of methoxy groups -OCH3 is 1. The van der Waals surface area contributed by atoms with Crippen molar-refractivity contribution in [3.8, 4) is 0 Å². The van der Waals surface area contributed by atoms with Crippen LogP contribution in [-0.2, 0) is 9.78 Å². The first-order valence-corrected chi connectivity index (χ1v) is 9.43. The van der Waals surface area contributed by atoms with Crippen LogP contribution in [0.15, 0.2) is 48.5 Å². The van der Waals surface area contributed by atoms with Gasteiger partial charge in [-0.2, -0.15) is 0 Å². The Morgan fingerprint density at radius 1 is 0.792 bits per heavy atom. The first-order chi connectivity index (χ1) is 11.4. The molecule has 0 atom stereocenters. The Hall–Kier alpha value is -1.78. The van der Waals surface area contributed by atoms with Gasteiger partial charge >= 0.3 is 0 Å². The molecule has 0 aliphatic heterocycles. The molecule has 0 saturated heterocycles. The molecule has 0 radical (unpaired) electrons. The summed E-state index contributed by atoms with van der Waals surface area (Å²) >= 11 is 0. The van der Waals surface area contributed by atoms with E-state index in [0.29, 0.717) is 0 Å². The van der Waals surface area contributed by atoms with Crippen LogP contribution in [0, 0.1) is 0 Å². The van der Waals surface area contributed by atoms with Crippen LogP contribution < -0.4 is 9.80 Å². The number of benzene rings is 2. The van der Waals surface area contributed by atoms with Crippen LogP contribution in [0.3, 0.4) is 0 Å². The molecule has 0 aliphatic rings. The van der Waals surface area contributed by atoms with Crippen LogP contribution in [0.5, 0.6) is 0 Å². The maximum absolute atomic E-state index is 5.41. The fourth-order valence-corrected chi connectivity index (χ4v) is 3.89. The van der Waals surface area contributed by atoms with E-state index in [4.69, 9.17) is 4.74 Å². The lowest BCUT2D eigenvalue weighted by Gasteiger charge is -2.32. The Labute approximate surface area is 149 Å². The fourth-order valence-electron chi connectivity index (χ4n) is 3.02. The Morgan fingerprint density at radius 2 is 1.17 bits per heavy atom. The Balaban J connectivity index is 2.41. The van der Waals surface area contributed by atoms with Gasteiger partial charge in [-0.1, -0.05) is 24.3 Å². The van der Waals surface area contributed by atoms with Gasteiger partial charge in [0.2, 0.25) is 0 Å². The zero-order valence-electron chi connectivity index (χ0n) is 15.8. The highest BCUT2D eigenvalue weighted by Gasteiger charge is 2.28. The topological polar surface area (TPSA) is 15.7 Å². The number of hydrogen-bond acceptors (Lipinski definition) is 3. The van der Waals surface area contributed by atoms with E-state index in [-0.39, 0.29) is 5.04 Å². The number of anilines is 2. The molecule has 4 heteroatoms. The third kappa shape index (κ3) is 4.00. The molecule has 0 heterocycles. The quantitative estimate of drug-likeness (QED) is 0.719. The van der Waals surface area contributed by atoms with Crippen molar-refractivity contribution in [1.82, 2.24) is 0 Å². The van der Waals surface area contributed by atoms with Crippen molar-refractivity contribution < 1.29 is 4.74 Å². The van der Waals surface area contributed by atoms with E-state index < -0.39 is 0 Å². The smallest absolute Gasteiger partial charge is 0.0470 e. The molecule has 24 heavy (non-hydrogen) atoms. The van der Waals surface area contributed by atoms with Crippen LogP contribution in [-0.4, -0.2) is 52.1 Å². The van der Waals surface area contributed by atoms with Gasteiger partial charge in [0.05, 0.1) is 0 Å². The molecule has 3 nitrogen and oxygen atoms in total. The zero-order chi connectivity index (χ0) is 17.7. The molecule has 2 aromatic rings. The van der Waals surface area contributed by atoms with Crippen LogP contribution >= 0.6 is 0 Å². The molecule has 0 aliphatic carbocycles. The summed E-state index contributed by atoms with van der Waals surface area (Å²) in [6.45, 7) is 0.772. The molecule has 130 valence electrons. The molecule has 0 fully saturated rings. The highest BCUT2D eigenvalue weighted by molar-refractivity contribution is 6.18. The maximum Gasteiger partial charge on any atom is 0.0470 e. The van der Waals surface area contributed by atoms with Gasteiger partial charge in [0.1, 0.15) is 0 Å². The van der Waals surface area contributed by atoms with Crippen molar-refractivity contribution in [3.63, 3.8) is 0 Å². The summed E-state index contributed by atoms with van der Waals surface area (Å²) < 4.78 is 5.41. The fraction of sp³-hybridized carbons (Fsp3) is 0.400. The van der Waals surface area contributed by atoms with Crippen LogP contribution in [0.2, 0.25) is 0 Å². The summed E-state index contributed by atoms with van der Waals surface area (Å²) in [4.78, 5) is 4.28. The second-order valence-corrected chi connectivity index (χ2v) is 8.66. The van der Waals surface area contributed by atoms with Crippen molar-refractivity contribution in [1.29, 1.82) is 0 Å². The first kappa shape index (κ1) is 18.6. The summed E-state index contributed by atoms with van der Waals surface area (Å²) in [5, 5.41) is 0.0751. The minimum atomic E-state index is 0.0751. The monoisotopic (exact) mass is 342 g/mol. The van der Waals surface area contributed by atoms with Gasteiger partial charge in [0.25, 0.3) is 0 Å². The van der Waals surface area contributed by atoms with Gasteiger partial charge in [-0.25, -0.2) is 0 Å². The van der Waals surface area contributed by atoms with E-state index in [0.717, 1.165) is 23.3 Å². The summed E-state index contributed by atoms with van der Waals surface area (Å²) in [6, 6.07) is 17.9. The molecule has 0 bridgehead atoms. The van der Waals surface area contributed by atoms with E-state index in [1.54, 1.807) is 7.11 Å². The molecular weight excluding hydrogens is 312 g/mol. The minimum absolute atomic E-state index is 0.0751. The molecule has 0 spiro atoms. The number of ether oxygens (including phenoxy) is 1. The molecule has 0 aromatic heterocycles. The van der Waals surface area contributed by atoms with E-state index in [1.807, 2.05) is 0 Å². The van der Waals surface area contributed by atoms with Gasteiger partial charge in [0, 0.05) is 68.6 Å². The first-order valence-electron chi connectivity index (χ1n) is 8.43. The predicted molar refractivity (Wildman–Crippen MR) is 109 cm³/mol. The third-order valence-corrected chi connectivity index (χ3v) is 6.50. The van der Waals surface area contributed by atoms with Gasteiger partial charge < -0.3 is 14.5 Å². The van der Waals surface area contributed by atoms with Crippen LogP contribution in [0.4, 0.5) is 11.4 Å². The van der Waals surface area contributed by atoms with Gasteiger partial charge in [-0.05, 0) is 41.8 Å². The average Bonchev–Trinajstić information content (AvgIpc) is 2.59. The zero-order valence-corrected chi connectivity index (χ0v) is 17.8. The van der Waals surface area contributed by atoms with Gasteiger partial charge in [-0.15, -0.1) is 0 Å². The Morgan fingerprint density at radius 3 is 1.46 bits per heavy atom. The maximum atomic E-state index is 5.41. The van der Waals surface area contributed by atoms with Crippen molar-refractivity contribution in [2.75, 3.05) is 51.7 Å². The van der Waals surface area contributed by atoms with Crippen LogP contribution in [0.25, 0.3) is 0 Å². The lowest BCUT2D eigenvalue weighted by atomic mass is 9.87. The van der Waals surface area contributed by atoms with E-state index in [9.17, 15) is 0 Å². The third-order valence-electron chi connectivity index (χ3n) is 4.85. The standard InChI is InChI=1S/C20H30N2OSi/c1-21(2)18-10-6-16(7-11-18)20(24,14-15-23-5)17-8-12-19(13-9-17)22(3)4/h6-13H,14-15H2,1-5,24H3. The minimum Gasteiger partial charge on any atom is -0.385 e. The summed E-state index contributed by atoms with van der Waals surface area (Å²) in [6.07, 6.45) is 1.01. The molecular formula is C20H30N2OSi. The van der Waals surface area contributed by atoms with E-state index >= 15 is 0 Å². The second-order valence-electron chi connectivity index (χ2n) is 6.96. The largest absolute Gasteiger partial charge is 0.385 e. The lowest BCUT2D eigenvalue weighted by Crippen LogP contribution is -2.30. The molecule has 0 unspecified atom stereocenters. The predicted octanol–water partition coefficient (Wildman–Crippen LogP) is 2.46. The van der Waals surface area contributed by atoms with Gasteiger partial charge in [-0.3, -0.25) is 0 Å². The molecule has 2 aromatic carbocycles. The van der Waals surface area contributed by atoms with Crippen molar-refractivity contribution in [2.45, 2.75) is 11.5 Å². The van der Waals surface area contributed by atoms with E-state index in [2.05, 4.69) is 86.5 Å². The summed E-state index contributed by atoms with van der Waals surface area (Å²) in [5.41, 5.74) is 5.23. The molecule has 0 amide bonds. The van der Waals surface area contributed by atoms with Crippen molar-refractivity contribution >= 4 is 21.6 Å². The summed E-state index contributed by atoms with van der Waals surface area (Å²) in [7, 11) is 11.1. The number of hydrogen-bond donors (Lipinski definition) is 0. The Bertz CT molecular complexity index is 584. The molecule has 0 N–H and O–H groups in total. The SMILES string of the molecule is COCCC([SiH3])(c1ccc(N(C)C)cc1)c1ccc(N(C)C)cc1. The van der Waals surface area contributed by atoms with Crippen molar-refractivity contribution in [2.24, 2.45) is 0 Å². The molecule has 0 saturated carbocycles. The second kappa shape index (κ2) is 7.86. The number of nitrogens with zero attached hydrogens (tertiary/aromatic N) is 2. The highest BCUT2D eigenvalue weighted by atomic mass is 28.1. The van der Waals surface area contributed by atoms with E-state index in [1.165, 1.54) is 22.5 Å². The highest BCUT2D eigenvalue weighted by Crippen LogP contribution is 2.34. The molecule has 2 rings (SSSR count).